The van der Waals surface area contributed by atoms with E-state index in [9.17, 15) is 18.0 Å². The van der Waals surface area contributed by atoms with Gasteiger partial charge in [0.2, 0.25) is 21.8 Å². The monoisotopic (exact) mass is 415 g/mol. The van der Waals surface area contributed by atoms with Crippen LogP contribution in [0.2, 0.25) is 0 Å². The van der Waals surface area contributed by atoms with E-state index in [1.807, 2.05) is 32.0 Å². The van der Waals surface area contributed by atoms with Crippen LogP contribution < -0.4 is 15.4 Å². The van der Waals surface area contributed by atoms with Gasteiger partial charge in [-0.15, -0.1) is 0 Å². The molecule has 2 amide bonds. The van der Waals surface area contributed by atoms with Crippen molar-refractivity contribution in [2.75, 3.05) is 18.0 Å². The van der Waals surface area contributed by atoms with Gasteiger partial charge in [0.05, 0.1) is 10.8 Å². The zero-order chi connectivity index (χ0) is 21.2. The first-order valence-electron chi connectivity index (χ1n) is 9.41. The van der Waals surface area contributed by atoms with Crippen molar-refractivity contribution in [2.45, 2.75) is 31.6 Å². The van der Waals surface area contributed by atoms with Gasteiger partial charge in [-0.25, -0.2) is 13.6 Å². The Morgan fingerprint density at radius 3 is 2.34 bits per heavy atom. The molecule has 2 aromatic carbocycles. The van der Waals surface area contributed by atoms with Crippen LogP contribution in [-0.4, -0.2) is 33.3 Å². The molecule has 0 saturated carbocycles. The van der Waals surface area contributed by atoms with E-state index in [2.05, 4.69) is 5.32 Å². The number of nitrogens with one attached hydrogen (secondary N) is 1. The molecule has 8 heteroatoms. The molecule has 0 aliphatic carbocycles. The van der Waals surface area contributed by atoms with E-state index in [1.54, 1.807) is 17.0 Å². The summed E-state index contributed by atoms with van der Waals surface area (Å²) in [7, 11) is -3.71. The second kappa shape index (κ2) is 8.34. The first-order valence-corrected chi connectivity index (χ1v) is 11.0. The predicted octanol–water partition coefficient (Wildman–Crippen LogP) is 1.66. The second-order valence-corrected chi connectivity index (χ2v) is 9.04. The second-order valence-electron chi connectivity index (χ2n) is 7.48. The first-order chi connectivity index (χ1) is 13.6. The highest BCUT2D eigenvalue weighted by Gasteiger charge is 2.35. The smallest absolute Gasteiger partial charge is 0.238 e. The molecule has 1 aliphatic rings. The Morgan fingerprint density at radius 1 is 1.14 bits per heavy atom. The third-order valence-corrected chi connectivity index (χ3v) is 5.91. The van der Waals surface area contributed by atoms with Gasteiger partial charge in [-0.05, 0) is 61.2 Å². The lowest BCUT2D eigenvalue weighted by atomic mass is 10.1. The Kier molecular flexibility index (Phi) is 6.04. The zero-order valence-corrected chi connectivity index (χ0v) is 17.3. The molecule has 1 heterocycles. The number of anilines is 1. The van der Waals surface area contributed by atoms with Crippen molar-refractivity contribution in [3.8, 4) is 0 Å². The predicted molar refractivity (Wildman–Crippen MR) is 111 cm³/mol. The highest BCUT2D eigenvalue weighted by Crippen LogP contribution is 2.27. The molecule has 7 nitrogen and oxygen atoms in total. The number of carbonyl (C=O) groups is 2. The van der Waals surface area contributed by atoms with Gasteiger partial charge >= 0.3 is 0 Å². The topological polar surface area (TPSA) is 110 Å². The largest absolute Gasteiger partial charge is 0.355 e. The van der Waals surface area contributed by atoms with Gasteiger partial charge in [0.1, 0.15) is 0 Å². The van der Waals surface area contributed by atoms with Crippen LogP contribution in [0.15, 0.2) is 47.4 Å². The summed E-state index contributed by atoms with van der Waals surface area (Å²) in [5.74, 6) is -0.576. The molecule has 0 bridgehead atoms. The molecular formula is C21H25N3O4S. The molecule has 154 valence electrons. The number of amides is 2. The van der Waals surface area contributed by atoms with Gasteiger partial charge in [0.25, 0.3) is 0 Å². The SMILES string of the molecule is Cc1cc(C)cc(N2CC(C(=O)NCCc3ccc(S(N)(=O)=O)cc3)CC2=O)c1. The number of nitrogens with two attached hydrogens (primary N) is 1. The third-order valence-electron chi connectivity index (χ3n) is 4.98. The van der Waals surface area contributed by atoms with Crippen molar-refractivity contribution < 1.29 is 18.0 Å². The van der Waals surface area contributed by atoms with Crippen LogP contribution in [0.5, 0.6) is 0 Å². The molecule has 29 heavy (non-hydrogen) atoms. The first kappa shape index (κ1) is 21.0. The average molecular weight is 416 g/mol. The fourth-order valence-corrected chi connectivity index (χ4v) is 4.07. The van der Waals surface area contributed by atoms with Crippen molar-refractivity contribution >= 4 is 27.5 Å². The molecule has 1 aliphatic heterocycles. The molecule has 1 saturated heterocycles. The minimum absolute atomic E-state index is 0.0475. The lowest BCUT2D eigenvalue weighted by Gasteiger charge is -2.18. The summed E-state index contributed by atoms with van der Waals surface area (Å²) >= 11 is 0. The van der Waals surface area contributed by atoms with E-state index in [-0.39, 0.29) is 29.0 Å². The molecule has 3 rings (SSSR count). The minimum atomic E-state index is -3.71. The molecule has 0 aromatic heterocycles. The van der Waals surface area contributed by atoms with Gasteiger partial charge in [-0.3, -0.25) is 9.59 Å². The number of benzene rings is 2. The number of carbonyl (C=O) groups excluding carboxylic acids is 2. The van der Waals surface area contributed by atoms with Crippen molar-refractivity contribution in [1.29, 1.82) is 0 Å². The van der Waals surface area contributed by atoms with Gasteiger partial charge in [0.15, 0.2) is 0 Å². The van der Waals surface area contributed by atoms with E-state index in [0.29, 0.717) is 19.5 Å². The number of rotatable bonds is 6. The van der Waals surface area contributed by atoms with Crippen LogP contribution in [0.25, 0.3) is 0 Å². The van der Waals surface area contributed by atoms with Crippen molar-refractivity contribution in [1.82, 2.24) is 5.32 Å². The van der Waals surface area contributed by atoms with Gasteiger partial charge in [-0.2, -0.15) is 0 Å². The Bertz CT molecular complexity index is 1010. The fraction of sp³-hybridized carbons (Fsp3) is 0.333. The highest BCUT2D eigenvalue weighted by atomic mass is 32.2. The Labute approximate surface area is 171 Å². The number of sulfonamides is 1. The van der Waals surface area contributed by atoms with Gasteiger partial charge < -0.3 is 10.2 Å². The van der Waals surface area contributed by atoms with Crippen molar-refractivity contribution in [2.24, 2.45) is 11.1 Å². The summed E-state index contributed by atoms with van der Waals surface area (Å²) in [4.78, 5) is 26.6. The molecule has 1 atom stereocenters. The summed E-state index contributed by atoms with van der Waals surface area (Å²) in [6, 6.07) is 12.2. The number of aryl methyl sites for hydroxylation is 2. The van der Waals surface area contributed by atoms with E-state index in [1.165, 1.54) is 12.1 Å². The number of nitrogens with zero attached hydrogens (tertiary/aromatic N) is 1. The maximum Gasteiger partial charge on any atom is 0.238 e. The molecule has 0 radical (unpaired) electrons. The Balaban J connectivity index is 1.54. The third kappa shape index (κ3) is 5.21. The molecule has 3 N–H and O–H groups in total. The minimum Gasteiger partial charge on any atom is -0.355 e. The van der Waals surface area contributed by atoms with Gasteiger partial charge in [-0.1, -0.05) is 18.2 Å². The van der Waals surface area contributed by atoms with Crippen LogP contribution in [0.4, 0.5) is 5.69 Å². The van der Waals surface area contributed by atoms with Crippen LogP contribution in [0.1, 0.15) is 23.1 Å². The van der Waals surface area contributed by atoms with Crippen LogP contribution >= 0.6 is 0 Å². The normalized spacial score (nSPS) is 16.9. The maximum absolute atomic E-state index is 12.5. The van der Waals surface area contributed by atoms with E-state index >= 15 is 0 Å². The van der Waals surface area contributed by atoms with Crippen LogP contribution in [-0.2, 0) is 26.0 Å². The summed E-state index contributed by atoms with van der Waals surface area (Å²) in [5, 5.41) is 7.95. The Morgan fingerprint density at radius 2 is 1.76 bits per heavy atom. The molecular weight excluding hydrogens is 390 g/mol. The standard InChI is InChI=1S/C21H25N3O4S/c1-14-9-15(2)11-18(10-14)24-13-17(12-20(24)25)21(26)23-8-7-16-3-5-19(6-4-16)29(22,27)28/h3-6,9-11,17H,7-8,12-13H2,1-2H3,(H,23,26)(H2,22,27,28). The van der Waals surface area contributed by atoms with Crippen LogP contribution in [0.3, 0.4) is 0 Å². The van der Waals surface area contributed by atoms with E-state index in [4.69, 9.17) is 5.14 Å². The summed E-state index contributed by atoms with van der Waals surface area (Å²) in [6.07, 6.45) is 0.750. The lowest BCUT2D eigenvalue weighted by Crippen LogP contribution is -2.34. The van der Waals surface area contributed by atoms with Crippen molar-refractivity contribution in [3.63, 3.8) is 0 Å². The molecule has 1 unspecified atom stereocenters. The Hall–Kier alpha value is -2.71. The van der Waals surface area contributed by atoms with E-state index in [0.717, 1.165) is 22.4 Å². The van der Waals surface area contributed by atoms with E-state index < -0.39 is 10.0 Å². The zero-order valence-electron chi connectivity index (χ0n) is 16.5. The number of primary sulfonamides is 1. The average Bonchev–Trinajstić information content (AvgIpc) is 3.02. The maximum atomic E-state index is 12.5. The lowest BCUT2D eigenvalue weighted by molar-refractivity contribution is -0.126. The quantitative estimate of drug-likeness (QED) is 0.748. The number of hydrogen-bond donors (Lipinski definition) is 2. The number of hydrogen-bond acceptors (Lipinski definition) is 4. The fourth-order valence-electron chi connectivity index (χ4n) is 3.56. The summed E-state index contributed by atoms with van der Waals surface area (Å²) in [5.41, 5.74) is 3.87. The van der Waals surface area contributed by atoms with Crippen LogP contribution in [0, 0.1) is 19.8 Å². The highest BCUT2D eigenvalue weighted by molar-refractivity contribution is 7.89. The van der Waals surface area contributed by atoms with Crippen molar-refractivity contribution in [3.05, 3.63) is 59.2 Å². The molecule has 2 aromatic rings. The summed E-state index contributed by atoms with van der Waals surface area (Å²) in [6.45, 7) is 4.74. The van der Waals surface area contributed by atoms with Gasteiger partial charge in [0, 0.05) is 25.2 Å². The molecule has 1 fully saturated rings. The molecule has 0 spiro atoms. The summed E-state index contributed by atoms with van der Waals surface area (Å²) < 4.78 is 22.6.